The number of hydrogen-bond acceptors (Lipinski definition) is 2. The molecule has 1 fully saturated rings. The van der Waals surface area contributed by atoms with E-state index in [4.69, 9.17) is 10.2 Å². The first-order valence-corrected chi connectivity index (χ1v) is 8.28. The van der Waals surface area contributed by atoms with E-state index < -0.39 is 0 Å². The highest BCUT2D eigenvalue weighted by molar-refractivity contribution is 5.62. The molecule has 0 spiro atoms. The van der Waals surface area contributed by atoms with E-state index in [1.807, 2.05) is 0 Å². The lowest BCUT2D eigenvalue weighted by Crippen LogP contribution is -2.67. The lowest BCUT2D eigenvalue weighted by molar-refractivity contribution is 0.0181. The smallest absolute Gasteiger partial charge is 0.0938 e. The Morgan fingerprint density at radius 3 is 1.14 bits per heavy atom. The lowest BCUT2D eigenvalue weighted by Gasteiger charge is -2.70. The first kappa shape index (κ1) is 11.6. The summed E-state index contributed by atoms with van der Waals surface area (Å²) in [5.74, 6) is 2.17. The van der Waals surface area contributed by atoms with E-state index in [0.29, 0.717) is 23.7 Å². The van der Waals surface area contributed by atoms with E-state index in [-0.39, 0.29) is 11.1 Å². The normalized spacial score (nSPS) is 45.0. The van der Waals surface area contributed by atoms with Crippen molar-refractivity contribution in [3.8, 4) is 0 Å². The summed E-state index contributed by atoms with van der Waals surface area (Å²) in [7, 11) is 0. The molecule has 0 aromatic heterocycles. The summed E-state index contributed by atoms with van der Waals surface area (Å²) < 4.78 is 0. The van der Waals surface area contributed by atoms with Gasteiger partial charge in [0.15, 0.2) is 0 Å². The predicted molar refractivity (Wildman–Crippen MR) is 85.5 cm³/mol. The maximum absolute atomic E-state index is 4.89. The van der Waals surface area contributed by atoms with Gasteiger partial charge in [0.2, 0.25) is 0 Å². The van der Waals surface area contributed by atoms with Gasteiger partial charge >= 0.3 is 0 Å². The van der Waals surface area contributed by atoms with Crippen LogP contribution in [0.1, 0.15) is 59.8 Å². The van der Waals surface area contributed by atoms with Crippen LogP contribution >= 0.6 is 0 Å². The first-order chi connectivity index (χ1) is 10.7. The first-order valence-electron chi connectivity index (χ1n) is 8.28. The van der Waals surface area contributed by atoms with Crippen molar-refractivity contribution in [3.63, 3.8) is 0 Å². The van der Waals surface area contributed by atoms with E-state index in [0.717, 1.165) is 0 Å². The molecule has 2 bridgehead atoms. The van der Waals surface area contributed by atoms with Crippen LogP contribution in [0.25, 0.3) is 0 Å². The number of hydrogen-bond donors (Lipinski definition) is 0. The molecule has 2 aliphatic heterocycles. The highest BCUT2D eigenvalue weighted by atomic mass is 15.3. The number of fused-ring (bicyclic) bond motifs is 2. The Kier molecular flexibility index (Phi) is 1.68. The summed E-state index contributed by atoms with van der Waals surface area (Å²) in [4.78, 5) is 0. The third kappa shape index (κ3) is 0.930. The molecule has 0 saturated heterocycles. The summed E-state index contributed by atoms with van der Waals surface area (Å²) in [6, 6.07) is 17.9. The van der Waals surface area contributed by atoms with Gasteiger partial charge in [0.05, 0.1) is 11.1 Å². The Bertz CT molecular complexity index is 736. The molecule has 2 aromatic carbocycles. The summed E-state index contributed by atoms with van der Waals surface area (Å²) in [5, 5.41) is 9.78. The van der Waals surface area contributed by atoms with Crippen molar-refractivity contribution in [1.82, 2.24) is 0 Å². The Morgan fingerprint density at radius 1 is 0.591 bits per heavy atom. The third-order valence-electron chi connectivity index (χ3n) is 7.00. The van der Waals surface area contributed by atoms with Crippen molar-refractivity contribution in [3.05, 3.63) is 70.8 Å². The van der Waals surface area contributed by atoms with Crippen LogP contribution in [0.4, 0.5) is 0 Å². The predicted octanol–water partition coefficient (Wildman–Crippen LogP) is 4.75. The largest absolute Gasteiger partial charge is 0.186 e. The van der Waals surface area contributed by atoms with Gasteiger partial charge in [-0.1, -0.05) is 48.5 Å². The summed E-state index contributed by atoms with van der Waals surface area (Å²) in [6.07, 6.45) is 0. The van der Waals surface area contributed by atoms with Crippen LogP contribution in [0.3, 0.4) is 0 Å². The average molecular weight is 286 g/mol. The van der Waals surface area contributed by atoms with Gasteiger partial charge in [-0.05, 0) is 36.1 Å². The summed E-state index contributed by atoms with van der Waals surface area (Å²) in [5.41, 5.74) is 5.95. The fourth-order valence-corrected chi connectivity index (χ4v) is 6.14. The molecule has 22 heavy (non-hydrogen) atoms. The number of rotatable bonds is 0. The molecule has 6 atom stereocenters. The fraction of sp³-hybridized carbons (Fsp3) is 0.400. The minimum absolute atomic E-state index is 0.0597. The molecule has 2 heterocycles. The maximum Gasteiger partial charge on any atom is 0.0938 e. The number of azo groups is 1. The van der Waals surface area contributed by atoms with Gasteiger partial charge in [0, 0.05) is 23.7 Å². The number of benzene rings is 2. The van der Waals surface area contributed by atoms with Crippen molar-refractivity contribution in [2.45, 2.75) is 48.6 Å². The highest BCUT2D eigenvalue weighted by Gasteiger charge is 2.73. The van der Waals surface area contributed by atoms with Crippen LogP contribution in [0.5, 0.6) is 0 Å². The maximum atomic E-state index is 4.89. The van der Waals surface area contributed by atoms with Crippen molar-refractivity contribution >= 4 is 0 Å². The lowest BCUT2D eigenvalue weighted by atomic mass is 9.37. The topological polar surface area (TPSA) is 24.7 Å². The molecule has 2 heteroatoms. The van der Waals surface area contributed by atoms with Crippen LogP contribution in [0.15, 0.2) is 58.8 Å². The second-order valence-corrected chi connectivity index (χ2v) is 7.82. The summed E-state index contributed by atoms with van der Waals surface area (Å²) in [6.45, 7) is 4.69. The molecule has 2 unspecified atom stereocenters. The average Bonchev–Trinajstić information content (AvgIpc) is 2.47. The van der Waals surface area contributed by atoms with Crippen molar-refractivity contribution < 1.29 is 0 Å². The van der Waals surface area contributed by atoms with E-state index in [9.17, 15) is 0 Å². The second kappa shape index (κ2) is 3.19. The minimum Gasteiger partial charge on any atom is -0.186 e. The monoisotopic (exact) mass is 286 g/mol. The molecule has 3 aliphatic carbocycles. The van der Waals surface area contributed by atoms with Gasteiger partial charge in [-0.25, -0.2) is 0 Å². The SMILES string of the molecule is CC12N=NC(C)([C@@H]3c4ccccc4[C@H]31)[C@H]1c3ccccc3[C@@H]12. The molecule has 2 nitrogen and oxygen atoms in total. The Balaban J connectivity index is 1.65. The Labute approximate surface area is 130 Å². The summed E-state index contributed by atoms with van der Waals surface area (Å²) >= 11 is 0. The fourth-order valence-electron chi connectivity index (χ4n) is 6.14. The van der Waals surface area contributed by atoms with Gasteiger partial charge < -0.3 is 0 Å². The van der Waals surface area contributed by atoms with Gasteiger partial charge in [0.25, 0.3) is 0 Å². The van der Waals surface area contributed by atoms with Gasteiger partial charge in [-0.3, -0.25) is 0 Å². The van der Waals surface area contributed by atoms with Crippen molar-refractivity contribution in [1.29, 1.82) is 0 Å². The van der Waals surface area contributed by atoms with Gasteiger partial charge in [0.1, 0.15) is 0 Å². The molecule has 7 rings (SSSR count). The standard InChI is InChI=1S/C20H18N2/c1-19-15-11-7-3-5-9-13(11)17(15)20(2,22-21-19)18-14-10-6-4-8-12(14)16(18)19/h3-10,15-18H,1-2H3/t15-,16+,17-,18+,19?,20?. The molecule has 1 saturated carbocycles. The molecular formula is C20H18N2. The molecule has 0 N–H and O–H groups in total. The molecule has 0 amide bonds. The highest BCUT2D eigenvalue weighted by Crippen LogP contribution is 2.77. The molecule has 108 valence electrons. The zero-order chi connectivity index (χ0) is 14.7. The van der Waals surface area contributed by atoms with Crippen LogP contribution in [0, 0.1) is 0 Å². The third-order valence-corrected chi connectivity index (χ3v) is 7.00. The van der Waals surface area contributed by atoms with Gasteiger partial charge in [-0.15, -0.1) is 0 Å². The zero-order valence-electron chi connectivity index (χ0n) is 12.8. The van der Waals surface area contributed by atoms with Crippen LogP contribution in [0.2, 0.25) is 0 Å². The second-order valence-electron chi connectivity index (χ2n) is 7.82. The molecular weight excluding hydrogens is 268 g/mol. The van der Waals surface area contributed by atoms with E-state index in [1.54, 1.807) is 0 Å². The molecule has 5 aliphatic rings. The quantitative estimate of drug-likeness (QED) is 0.668. The Hall–Kier alpha value is -1.96. The van der Waals surface area contributed by atoms with E-state index >= 15 is 0 Å². The number of nitrogens with zero attached hydrogens (tertiary/aromatic N) is 2. The molecule has 2 aromatic rings. The van der Waals surface area contributed by atoms with Crippen molar-refractivity contribution in [2.75, 3.05) is 0 Å². The van der Waals surface area contributed by atoms with E-state index in [2.05, 4.69) is 62.4 Å². The van der Waals surface area contributed by atoms with Gasteiger partial charge in [-0.2, -0.15) is 10.2 Å². The molecule has 0 radical (unpaired) electrons. The minimum atomic E-state index is -0.0597. The Morgan fingerprint density at radius 2 is 0.864 bits per heavy atom. The van der Waals surface area contributed by atoms with Crippen LogP contribution in [-0.2, 0) is 0 Å². The zero-order valence-corrected chi connectivity index (χ0v) is 12.8. The van der Waals surface area contributed by atoms with E-state index in [1.165, 1.54) is 22.3 Å². The van der Waals surface area contributed by atoms with Crippen molar-refractivity contribution in [2.24, 2.45) is 10.2 Å². The van der Waals surface area contributed by atoms with Crippen LogP contribution in [-0.4, -0.2) is 11.1 Å². The van der Waals surface area contributed by atoms with Crippen LogP contribution < -0.4 is 0 Å².